The van der Waals surface area contributed by atoms with Crippen LogP contribution in [0.4, 0.5) is 28.4 Å². The fraction of sp³-hybridized carbons (Fsp3) is 0.214. The third-order valence-corrected chi connectivity index (χ3v) is 14.2. The molecule has 0 aliphatic carbocycles. The van der Waals surface area contributed by atoms with Crippen molar-refractivity contribution in [3.05, 3.63) is 54.6 Å². The van der Waals surface area contributed by atoms with Gasteiger partial charge in [0.1, 0.15) is 32.7 Å². The van der Waals surface area contributed by atoms with Crippen LogP contribution in [0, 0.1) is 0 Å². The minimum absolute atomic E-state index is 0.118. The second-order valence-electron chi connectivity index (χ2n) is 12.0. The second kappa shape index (κ2) is 18.7. The fourth-order valence-corrected chi connectivity index (χ4v) is 9.69. The summed E-state index contributed by atoms with van der Waals surface area (Å²) in [5.74, 6) is -5.38. The van der Waals surface area contributed by atoms with E-state index in [1.807, 2.05) is 0 Å². The van der Waals surface area contributed by atoms with E-state index in [2.05, 4.69) is 34.1 Å². The highest BCUT2D eigenvalue weighted by Crippen LogP contribution is 2.48. The number of hydrogen-bond acceptors (Lipinski definition) is 23. The Bertz CT molecular complexity index is 3320. The molecule has 0 aliphatic rings. The van der Waals surface area contributed by atoms with Crippen molar-refractivity contribution < 1.29 is 99.9 Å². The molecule has 0 heterocycles. The Morgan fingerprint density at radius 2 is 1.10 bits per heavy atom. The first-order valence-electron chi connectivity index (χ1n) is 16.0. The Labute approximate surface area is 357 Å². The van der Waals surface area contributed by atoms with E-state index in [-0.39, 0.29) is 33.1 Å². The number of rotatable bonds is 20. The van der Waals surface area contributed by atoms with Gasteiger partial charge in [0.15, 0.2) is 31.2 Å². The van der Waals surface area contributed by atoms with E-state index in [0.717, 1.165) is 43.5 Å². The highest BCUT2D eigenvalue weighted by atomic mass is 32.3. The fourth-order valence-electron chi connectivity index (χ4n) is 4.99. The van der Waals surface area contributed by atoms with Crippen molar-refractivity contribution in [2.24, 2.45) is 20.5 Å². The molecule has 63 heavy (non-hydrogen) atoms. The number of nitrogens with zero attached hydrogens (tertiary/aromatic N) is 4. The van der Waals surface area contributed by atoms with Gasteiger partial charge in [0.25, 0.3) is 30.4 Å². The van der Waals surface area contributed by atoms with Gasteiger partial charge in [-0.2, -0.15) is 47.2 Å². The molecule has 0 bridgehead atoms. The Kier molecular flexibility index (Phi) is 15.0. The summed E-state index contributed by atoms with van der Waals surface area (Å²) in [7, 11) is -33.9. The van der Waals surface area contributed by atoms with Crippen molar-refractivity contribution in [1.29, 1.82) is 0 Å². The van der Waals surface area contributed by atoms with Crippen molar-refractivity contribution >= 4 is 110 Å². The molecule has 0 fully saturated rings. The molecule has 4 aromatic carbocycles. The number of ether oxygens (including phenoxy) is 1. The van der Waals surface area contributed by atoms with Crippen LogP contribution in [-0.2, 0) is 79.2 Å². The Morgan fingerprint density at radius 3 is 1.59 bits per heavy atom. The van der Waals surface area contributed by atoms with Crippen molar-refractivity contribution in [2.75, 3.05) is 43.0 Å². The highest BCUT2D eigenvalue weighted by molar-refractivity contribution is 7.92. The number of phenols is 1. The van der Waals surface area contributed by atoms with Crippen LogP contribution >= 0.6 is 0 Å². The second-order valence-corrected chi connectivity index (χ2v) is 22.6. The maximum absolute atomic E-state index is 12.9. The van der Waals surface area contributed by atoms with E-state index in [1.165, 1.54) is 0 Å². The van der Waals surface area contributed by atoms with Gasteiger partial charge >= 0.3 is 20.8 Å². The highest BCUT2D eigenvalue weighted by Gasteiger charge is 2.28. The van der Waals surface area contributed by atoms with E-state index in [4.69, 9.17) is 13.8 Å². The molecule has 346 valence electrons. The van der Waals surface area contributed by atoms with Crippen LogP contribution in [0.25, 0.3) is 10.8 Å². The SMILES string of the molecule is COc1c(N=Nc2cc(S(=O)(=O)CCOS(=O)(=O)O)cc(S(=O)(=O)O)c2O)c(S(=O)(=O)O)cc2c(N=Nc3ccc(S(=O)(=O)CCOS(=O)(=O)O)cc3)c(NCS(=O)(=O)O)ccc12. The van der Waals surface area contributed by atoms with Crippen LogP contribution in [0.3, 0.4) is 0 Å². The number of aromatic hydroxyl groups is 1. The maximum Gasteiger partial charge on any atom is 0.397 e. The lowest BCUT2D eigenvalue weighted by atomic mass is 10.0. The molecule has 0 radical (unpaired) electrons. The van der Waals surface area contributed by atoms with Crippen LogP contribution in [0.15, 0.2) is 94.6 Å². The Hall–Kier alpha value is -4.89. The smallest absolute Gasteiger partial charge is 0.397 e. The van der Waals surface area contributed by atoms with E-state index >= 15 is 0 Å². The number of methoxy groups -OCH3 is 1. The number of sulfone groups is 2. The molecule has 0 aliphatic heterocycles. The zero-order chi connectivity index (χ0) is 47.6. The molecular weight excluding hydrogens is 999 g/mol. The predicted molar refractivity (Wildman–Crippen MR) is 212 cm³/mol. The average molecular weight is 1030 g/mol. The van der Waals surface area contributed by atoms with Crippen molar-refractivity contribution in [2.45, 2.75) is 19.6 Å². The van der Waals surface area contributed by atoms with Gasteiger partial charge in [0.2, 0.25) is 0 Å². The van der Waals surface area contributed by atoms with Crippen LogP contribution < -0.4 is 10.1 Å². The first-order chi connectivity index (χ1) is 28.7. The molecule has 28 nitrogen and oxygen atoms in total. The lowest BCUT2D eigenvalue weighted by Crippen LogP contribution is -2.16. The van der Waals surface area contributed by atoms with Crippen molar-refractivity contribution in [3.63, 3.8) is 0 Å². The summed E-state index contributed by atoms with van der Waals surface area (Å²) in [4.78, 5) is -4.13. The van der Waals surface area contributed by atoms with Crippen molar-refractivity contribution in [3.8, 4) is 11.5 Å². The average Bonchev–Trinajstić information content (AvgIpc) is 3.13. The first kappa shape index (κ1) is 50.8. The molecule has 0 saturated heterocycles. The van der Waals surface area contributed by atoms with Gasteiger partial charge in [-0.15, -0.1) is 15.3 Å². The third kappa shape index (κ3) is 13.8. The normalized spacial score (nSPS) is 13.6. The van der Waals surface area contributed by atoms with Gasteiger partial charge in [-0.25, -0.2) is 25.2 Å². The summed E-state index contributed by atoms with van der Waals surface area (Å²) in [5, 5.41) is 27.6. The summed E-state index contributed by atoms with van der Waals surface area (Å²) in [6.07, 6.45) is 0. The minimum Gasteiger partial charge on any atom is -0.504 e. The quantitative estimate of drug-likeness (QED) is 0.0493. The molecule has 4 rings (SSSR count). The molecular formula is C28H29N5O23S7. The summed E-state index contributed by atoms with van der Waals surface area (Å²) >= 11 is 0. The van der Waals surface area contributed by atoms with Gasteiger partial charge in [-0.1, -0.05) is 0 Å². The molecule has 0 amide bonds. The molecule has 0 saturated carbocycles. The lowest BCUT2D eigenvalue weighted by Gasteiger charge is -2.16. The van der Waals surface area contributed by atoms with Gasteiger partial charge in [-0.3, -0.25) is 22.8 Å². The van der Waals surface area contributed by atoms with Gasteiger partial charge in [0.05, 0.1) is 53.0 Å². The number of hydrogen-bond donors (Lipinski definition) is 7. The lowest BCUT2D eigenvalue weighted by molar-refractivity contribution is 0.282. The standard InChI is InChI=1S/C28H29N5O23S7/c1-54-28-19-6-7-21(29-15-59(39,40)41)25(32-30-16-2-4-17(5-3-16)57(35,36)10-8-55-62(48,49)50)20(19)14-23(60(42,43)44)26(28)33-31-22-12-18(13-24(27(22)34)61(45,46)47)58(37,38)11-9-56-63(51,52)53/h2-7,12-14,29,34H,8-11,15H2,1H3,(H,39,40,41)(H,42,43,44)(H,45,46,47)(H,48,49,50)(H,51,52,53). The minimum atomic E-state index is -5.48. The number of benzene rings is 4. The maximum atomic E-state index is 12.9. The van der Waals surface area contributed by atoms with E-state index in [9.17, 15) is 77.7 Å². The molecule has 7 N–H and O–H groups in total. The molecule has 0 spiro atoms. The molecule has 4 aromatic rings. The largest absolute Gasteiger partial charge is 0.504 e. The molecule has 0 aromatic heterocycles. The number of azo groups is 2. The Balaban J connectivity index is 1.93. The zero-order valence-corrected chi connectivity index (χ0v) is 36.7. The van der Waals surface area contributed by atoms with Gasteiger partial charge in [0, 0.05) is 10.8 Å². The number of anilines is 1. The van der Waals surface area contributed by atoms with E-state index in [0.29, 0.717) is 12.1 Å². The van der Waals surface area contributed by atoms with E-state index in [1.54, 1.807) is 0 Å². The number of fused-ring (bicyclic) bond motifs is 1. The van der Waals surface area contributed by atoms with Crippen LogP contribution in [0.2, 0.25) is 0 Å². The van der Waals surface area contributed by atoms with Crippen LogP contribution in [0.5, 0.6) is 11.5 Å². The predicted octanol–water partition coefficient (Wildman–Crippen LogP) is 2.32. The molecule has 35 heteroatoms. The van der Waals surface area contributed by atoms with Gasteiger partial charge < -0.3 is 15.2 Å². The molecule has 0 unspecified atom stereocenters. The number of nitrogens with one attached hydrogen (secondary N) is 1. The van der Waals surface area contributed by atoms with Crippen LogP contribution in [-0.4, -0.2) is 125 Å². The zero-order valence-electron chi connectivity index (χ0n) is 31.0. The van der Waals surface area contributed by atoms with Gasteiger partial charge in [-0.05, 0) is 54.6 Å². The summed E-state index contributed by atoms with van der Waals surface area (Å²) in [6.45, 7) is -2.14. The third-order valence-electron chi connectivity index (χ3n) is 7.67. The number of phenolic OH excluding ortho intramolecular Hbond substituents is 1. The molecule has 0 atom stereocenters. The topological polar surface area (TPSA) is 450 Å². The van der Waals surface area contributed by atoms with Crippen LogP contribution in [0.1, 0.15) is 0 Å². The summed E-state index contributed by atoms with van der Waals surface area (Å²) in [6, 6.07) is 7.79. The Morgan fingerprint density at radius 1 is 0.571 bits per heavy atom. The summed E-state index contributed by atoms with van der Waals surface area (Å²) in [5.41, 5.74) is -2.90. The summed E-state index contributed by atoms with van der Waals surface area (Å²) < 4.78 is 228. The monoisotopic (exact) mass is 1030 g/mol. The van der Waals surface area contributed by atoms with Crippen molar-refractivity contribution in [1.82, 2.24) is 0 Å². The van der Waals surface area contributed by atoms with E-state index < -0.39 is 145 Å². The first-order valence-corrected chi connectivity index (χ1v) is 26.6.